The summed E-state index contributed by atoms with van der Waals surface area (Å²) in [5.41, 5.74) is 0.499. The van der Waals surface area contributed by atoms with Gasteiger partial charge in [0.2, 0.25) is 5.88 Å². The highest BCUT2D eigenvalue weighted by Gasteiger charge is 2.26. The molecule has 1 aromatic rings. The van der Waals surface area contributed by atoms with Crippen LogP contribution in [0.5, 0.6) is 5.88 Å². The predicted molar refractivity (Wildman–Crippen MR) is 73.8 cm³/mol. The average molecular weight is 282 g/mol. The summed E-state index contributed by atoms with van der Waals surface area (Å²) in [4.78, 5) is 16.4. The van der Waals surface area contributed by atoms with Crippen molar-refractivity contribution in [3.05, 3.63) is 11.8 Å². The van der Waals surface area contributed by atoms with Crippen LogP contribution in [0.15, 0.2) is 6.20 Å². The van der Waals surface area contributed by atoms with Gasteiger partial charge in [0.15, 0.2) is 0 Å². The van der Waals surface area contributed by atoms with Crippen molar-refractivity contribution in [1.29, 1.82) is 0 Å². The minimum atomic E-state index is -0.337. The van der Waals surface area contributed by atoms with Gasteiger partial charge in [-0.05, 0) is 6.92 Å². The van der Waals surface area contributed by atoms with Crippen LogP contribution >= 0.6 is 0 Å². The highest BCUT2D eigenvalue weighted by atomic mass is 16.5. The summed E-state index contributed by atoms with van der Waals surface area (Å²) >= 11 is 0. The molecular weight excluding hydrogens is 260 g/mol. The van der Waals surface area contributed by atoms with Crippen molar-refractivity contribution >= 4 is 5.91 Å². The number of rotatable bonds is 4. The summed E-state index contributed by atoms with van der Waals surface area (Å²) in [7, 11) is 3.28. The van der Waals surface area contributed by atoms with Crippen molar-refractivity contribution in [2.75, 3.05) is 39.8 Å². The third-order valence-electron chi connectivity index (χ3n) is 3.40. The Labute approximate surface area is 118 Å². The summed E-state index contributed by atoms with van der Waals surface area (Å²) in [6.07, 6.45) is 1.35. The molecule has 0 unspecified atom stereocenters. The zero-order valence-corrected chi connectivity index (χ0v) is 12.2. The number of aromatic nitrogens is 2. The molecule has 0 spiro atoms. The second-order valence-corrected chi connectivity index (χ2v) is 5.17. The lowest BCUT2D eigenvalue weighted by Gasteiger charge is -2.35. The molecule has 7 heteroatoms. The normalized spacial score (nSPS) is 18.1. The van der Waals surface area contributed by atoms with E-state index in [4.69, 9.17) is 4.74 Å². The molecule has 112 valence electrons. The fraction of sp³-hybridized carbons (Fsp3) is 0.692. The Morgan fingerprint density at radius 3 is 2.65 bits per heavy atom. The van der Waals surface area contributed by atoms with Crippen LogP contribution < -0.4 is 4.74 Å². The molecule has 1 amide bonds. The SMILES string of the molecule is COc1nn(C)cc1C(=O)N1CCN(C[C@H](C)O)CC1. The van der Waals surface area contributed by atoms with Crippen molar-refractivity contribution < 1.29 is 14.6 Å². The lowest BCUT2D eigenvalue weighted by molar-refractivity contribution is 0.0551. The van der Waals surface area contributed by atoms with Crippen molar-refractivity contribution in [3.8, 4) is 5.88 Å². The van der Waals surface area contributed by atoms with Gasteiger partial charge in [0.25, 0.3) is 5.91 Å². The Morgan fingerprint density at radius 1 is 1.45 bits per heavy atom. The minimum Gasteiger partial charge on any atom is -0.479 e. The van der Waals surface area contributed by atoms with Gasteiger partial charge in [0, 0.05) is 46.0 Å². The third kappa shape index (κ3) is 3.29. The maximum Gasteiger partial charge on any atom is 0.261 e. The van der Waals surface area contributed by atoms with E-state index in [0.29, 0.717) is 31.1 Å². The number of β-amino-alcohol motifs (C(OH)–C–C–N with tert-alkyl or cyclic N) is 1. The van der Waals surface area contributed by atoms with E-state index in [1.54, 1.807) is 29.7 Å². The molecule has 0 aliphatic carbocycles. The number of aliphatic hydroxyl groups is 1. The van der Waals surface area contributed by atoms with E-state index >= 15 is 0 Å². The van der Waals surface area contributed by atoms with E-state index in [9.17, 15) is 9.90 Å². The molecule has 1 fully saturated rings. The second kappa shape index (κ2) is 6.23. The zero-order chi connectivity index (χ0) is 14.7. The maximum absolute atomic E-state index is 12.4. The first-order valence-corrected chi connectivity index (χ1v) is 6.78. The standard InChI is InChI=1S/C13H22N4O3/c1-10(18)8-16-4-6-17(7-5-16)13(19)11-9-15(2)14-12(11)20-3/h9-10,18H,4-8H2,1-3H3/t10-/m0/s1. The van der Waals surface area contributed by atoms with Crippen LogP contribution in [0.3, 0.4) is 0 Å². The van der Waals surface area contributed by atoms with Gasteiger partial charge < -0.3 is 14.7 Å². The van der Waals surface area contributed by atoms with Gasteiger partial charge in [-0.3, -0.25) is 14.4 Å². The van der Waals surface area contributed by atoms with Crippen molar-refractivity contribution in [2.45, 2.75) is 13.0 Å². The molecule has 0 saturated carbocycles. The molecule has 7 nitrogen and oxygen atoms in total. The van der Waals surface area contributed by atoms with E-state index in [-0.39, 0.29) is 12.0 Å². The topological polar surface area (TPSA) is 70.8 Å². The molecule has 0 radical (unpaired) electrons. The molecule has 1 atom stereocenters. The van der Waals surface area contributed by atoms with Gasteiger partial charge in [-0.15, -0.1) is 5.10 Å². The number of aryl methyl sites for hydroxylation is 1. The number of hydrogen-bond acceptors (Lipinski definition) is 5. The molecular formula is C13H22N4O3. The van der Waals surface area contributed by atoms with E-state index in [0.717, 1.165) is 13.1 Å². The van der Waals surface area contributed by atoms with Crippen LogP contribution in [-0.2, 0) is 7.05 Å². The van der Waals surface area contributed by atoms with Crippen LogP contribution in [0.1, 0.15) is 17.3 Å². The van der Waals surface area contributed by atoms with E-state index < -0.39 is 0 Å². The fourth-order valence-electron chi connectivity index (χ4n) is 2.44. The molecule has 20 heavy (non-hydrogen) atoms. The smallest absolute Gasteiger partial charge is 0.261 e. The number of hydrogen-bond donors (Lipinski definition) is 1. The summed E-state index contributed by atoms with van der Waals surface area (Å²) in [6, 6.07) is 0. The van der Waals surface area contributed by atoms with Crippen molar-refractivity contribution in [1.82, 2.24) is 19.6 Å². The molecule has 0 bridgehead atoms. The quantitative estimate of drug-likeness (QED) is 0.811. The highest BCUT2D eigenvalue weighted by Crippen LogP contribution is 2.18. The summed E-state index contributed by atoms with van der Waals surface area (Å²) in [5.74, 6) is 0.315. The summed E-state index contributed by atoms with van der Waals surface area (Å²) < 4.78 is 6.71. The molecule has 1 saturated heterocycles. The van der Waals surface area contributed by atoms with Crippen LogP contribution in [0.2, 0.25) is 0 Å². The van der Waals surface area contributed by atoms with Gasteiger partial charge in [-0.1, -0.05) is 0 Å². The van der Waals surface area contributed by atoms with Gasteiger partial charge >= 0.3 is 0 Å². The number of carbonyl (C=O) groups excluding carboxylic acids is 1. The highest BCUT2D eigenvalue weighted by molar-refractivity contribution is 5.96. The summed E-state index contributed by atoms with van der Waals surface area (Å²) in [5, 5.41) is 13.5. The molecule has 1 aliphatic rings. The molecule has 1 N–H and O–H groups in total. The molecule has 1 aromatic heterocycles. The van der Waals surface area contributed by atoms with Crippen molar-refractivity contribution in [2.24, 2.45) is 7.05 Å². The third-order valence-corrected chi connectivity index (χ3v) is 3.40. The molecule has 0 aromatic carbocycles. The number of piperazine rings is 1. The Balaban J connectivity index is 1.98. The number of ether oxygens (including phenoxy) is 1. The Hall–Kier alpha value is -1.60. The number of methoxy groups -OCH3 is 1. The van der Waals surface area contributed by atoms with Crippen molar-refractivity contribution in [3.63, 3.8) is 0 Å². The molecule has 2 heterocycles. The lowest BCUT2D eigenvalue weighted by atomic mass is 10.2. The monoisotopic (exact) mass is 282 g/mol. The Morgan fingerprint density at radius 2 is 2.10 bits per heavy atom. The second-order valence-electron chi connectivity index (χ2n) is 5.17. The number of nitrogens with zero attached hydrogens (tertiary/aromatic N) is 4. The number of carbonyl (C=O) groups is 1. The number of aliphatic hydroxyl groups excluding tert-OH is 1. The first-order chi connectivity index (χ1) is 9.51. The van der Waals surface area contributed by atoms with Gasteiger partial charge in [0.05, 0.1) is 13.2 Å². The first-order valence-electron chi connectivity index (χ1n) is 6.78. The van der Waals surface area contributed by atoms with Crippen LogP contribution in [0.4, 0.5) is 0 Å². The van der Waals surface area contributed by atoms with E-state index in [1.807, 2.05) is 0 Å². The van der Waals surface area contributed by atoms with Crippen LogP contribution in [-0.4, -0.2) is 76.5 Å². The van der Waals surface area contributed by atoms with Gasteiger partial charge in [0.1, 0.15) is 5.56 Å². The molecule has 1 aliphatic heterocycles. The Bertz CT molecular complexity index is 464. The van der Waals surface area contributed by atoms with Gasteiger partial charge in [-0.2, -0.15) is 0 Å². The minimum absolute atomic E-state index is 0.0494. The molecule has 2 rings (SSSR count). The fourth-order valence-corrected chi connectivity index (χ4v) is 2.44. The van der Waals surface area contributed by atoms with Gasteiger partial charge in [-0.25, -0.2) is 0 Å². The van der Waals surface area contributed by atoms with E-state index in [2.05, 4.69) is 10.00 Å². The first kappa shape index (κ1) is 14.8. The van der Waals surface area contributed by atoms with Crippen LogP contribution in [0.25, 0.3) is 0 Å². The van der Waals surface area contributed by atoms with E-state index in [1.165, 1.54) is 7.11 Å². The number of amides is 1. The zero-order valence-electron chi connectivity index (χ0n) is 12.2. The summed E-state index contributed by atoms with van der Waals surface area (Å²) in [6.45, 7) is 5.29. The van der Waals surface area contributed by atoms with Crippen LogP contribution in [0, 0.1) is 0 Å². The average Bonchev–Trinajstić information content (AvgIpc) is 2.79. The Kier molecular flexibility index (Phi) is 4.61. The largest absolute Gasteiger partial charge is 0.479 e. The maximum atomic E-state index is 12.4. The lowest BCUT2D eigenvalue weighted by Crippen LogP contribution is -2.50. The predicted octanol–water partition coefficient (Wildman–Crippen LogP) is -0.433.